The van der Waals surface area contributed by atoms with Crippen LogP contribution in [0.1, 0.15) is 12.5 Å². The zero-order valence-corrected chi connectivity index (χ0v) is 15.8. The van der Waals surface area contributed by atoms with Crippen molar-refractivity contribution in [2.45, 2.75) is 19.1 Å². The summed E-state index contributed by atoms with van der Waals surface area (Å²) >= 11 is 3.39. The van der Waals surface area contributed by atoms with Gasteiger partial charge in [-0.25, -0.2) is 15.0 Å². The van der Waals surface area contributed by atoms with Gasteiger partial charge in [-0.3, -0.25) is 0 Å². The van der Waals surface area contributed by atoms with Crippen molar-refractivity contribution in [2.24, 2.45) is 5.73 Å². The number of benzene rings is 1. The maximum absolute atomic E-state index is 12.7. The predicted octanol–water partition coefficient (Wildman–Crippen LogP) is 4.07. The number of aromatic amines is 1. The van der Waals surface area contributed by atoms with E-state index in [2.05, 4.69) is 41.2 Å². The summed E-state index contributed by atoms with van der Waals surface area (Å²) in [5.74, 6) is 0.838. The van der Waals surface area contributed by atoms with Crippen molar-refractivity contribution in [2.75, 3.05) is 11.9 Å². The quantitative estimate of drug-likeness (QED) is 0.555. The molecule has 1 aromatic carbocycles. The van der Waals surface area contributed by atoms with Crippen molar-refractivity contribution in [3.05, 3.63) is 46.7 Å². The van der Waals surface area contributed by atoms with Crippen LogP contribution in [-0.4, -0.2) is 32.5 Å². The van der Waals surface area contributed by atoms with Crippen LogP contribution in [0.4, 0.5) is 19.1 Å². The molecule has 0 amide bonds. The molecule has 10 heteroatoms. The lowest BCUT2D eigenvalue weighted by atomic mass is 10.1. The Morgan fingerprint density at radius 1 is 1.19 bits per heavy atom. The Labute approximate surface area is 161 Å². The first-order valence-corrected chi connectivity index (χ1v) is 8.79. The molecule has 0 radical (unpaired) electrons. The summed E-state index contributed by atoms with van der Waals surface area (Å²) in [6.07, 6.45) is -2.79. The Morgan fingerprint density at radius 2 is 1.89 bits per heavy atom. The number of nitrogens with zero attached hydrogens (tertiary/aromatic N) is 3. The number of halogens is 4. The summed E-state index contributed by atoms with van der Waals surface area (Å²) in [5, 5.41) is 3.03. The Hall–Kier alpha value is -2.46. The number of nitrogens with one attached hydrogen (secondary N) is 2. The molecular weight excluding hydrogens is 425 g/mol. The van der Waals surface area contributed by atoms with Gasteiger partial charge in [-0.15, -0.1) is 0 Å². The number of imidazole rings is 1. The summed E-state index contributed by atoms with van der Waals surface area (Å²) in [4.78, 5) is 16.0. The van der Waals surface area contributed by atoms with Crippen LogP contribution >= 0.6 is 15.9 Å². The van der Waals surface area contributed by atoms with Gasteiger partial charge in [0.2, 0.25) is 5.95 Å². The number of aromatic nitrogens is 4. The third kappa shape index (κ3) is 4.64. The molecule has 2 heterocycles. The summed E-state index contributed by atoms with van der Waals surface area (Å²) in [7, 11) is 0. The van der Waals surface area contributed by atoms with Gasteiger partial charge in [0.1, 0.15) is 16.1 Å². The van der Waals surface area contributed by atoms with E-state index in [9.17, 15) is 13.2 Å². The van der Waals surface area contributed by atoms with Gasteiger partial charge in [-0.1, -0.05) is 12.1 Å². The molecule has 0 aliphatic rings. The second-order valence-corrected chi connectivity index (χ2v) is 6.74. The SMILES string of the molecule is CC(N)CNc1nccc(-c2nc(-c3ccc(C(F)(F)F)cc3)[nH]c2Br)n1. The first kappa shape index (κ1) is 19.3. The number of H-pyrrole nitrogens is 1. The van der Waals surface area contributed by atoms with E-state index in [-0.39, 0.29) is 6.04 Å². The van der Waals surface area contributed by atoms with Gasteiger partial charge in [0, 0.05) is 24.3 Å². The zero-order chi connectivity index (χ0) is 19.6. The Bertz CT molecular complexity index is 921. The van der Waals surface area contributed by atoms with Gasteiger partial charge in [0.15, 0.2) is 0 Å². The molecule has 0 saturated heterocycles. The molecule has 3 rings (SSSR count). The average Bonchev–Trinajstić information content (AvgIpc) is 3.01. The van der Waals surface area contributed by atoms with Crippen LogP contribution in [0, 0.1) is 0 Å². The van der Waals surface area contributed by atoms with Crippen LogP contribution in [0.15, 0.2) is 41.1 Å². The summed E-state index contributed by atoms with van der Waals surface area (Å²) in [6, 6.07) is 6.41. The van der Waals surface area contributed by atoms with E-state index >= 15 is 0 Å². The van der Waals surface area contributed by atoms with E-state index < -0.39 is 11.7 Å². The molecule has 0 fully saturated rings. The minimum atomic E-state index is -4.38. The lowest BCUT2D eigenvalue weighted by Gasteiger charge is -2.07. The third-order valence-corrected chi connectivity index (χ3v) is 4.20. The highest BCUT2D eigenvalue weighted by atomic mass is 79.9. The summed E-state index contributed by atoms with van der Waals surface area (Å²) < 4.78 is 38.7. The van der Waals surface area contributed by atoms with Crippen molar-refractivity contribution in [1.29, 1.82) is 0 Å². The standard InChI is InChI=1S/C17H16BrF3N6/c1-9(22)8-24-16-23-7-6-12(25-16)13-14(18)27-15(26-13)10-2-4-11(5-3-10)17(19,20)21/h2-7,9H,8,22H2,1H3,(H,26,27)(H,23,24,25). The Morgan fingerprint density at radius 3 is 2.52 bits per heavy atom. The van der Waals surface area contributed by atoms with Crippen molar-refractivity contribution in [1.82, 2.24) is 19.9 Å². The lowest BCUT2D eigenvalue weighted by Crippen LogP contribution is -2.25. The van der Waals surface area contributed by atoms with Crippen LogP contribution in [0.2, 0.25) is 0 Å². The molecule has 0 spiro atoms. The largest absolute Gasteiger partial charge is 0.416 e. The number of anilines is 1. The van der Waals surface area contributed by atoms with Crippen LogP contribution in [0.5, 0.6) is 0 Å². The van der Waals surface area contributed by atoms with Crippen molar-refractivity contribution < 1.29 is 13.2 Å². The van der Waals surface area contributed by atoms with E-state index in [1.807, 2.05) is 6.92 Å². The van der Waals surface area contributed by atoms with Crippen molar-refractivity contribution in [3.8, 4) is 22.8 Å². The highest BCUT2D eigenvalue weighted by Crippen LogP contribution is 2.32. The molecule has 1 atom stereocenters. The van der Waals surface area contributed by atoms with Gasteiger partial charge in [-0.2, -0.15) is 13.2 Å². The highest BCUT2D eigenvalue weighted by Gasteiger charge is 2.30. The smallest absolute Gasteiger partial charge is 0.353 e. The Kier molecular flexibility index (Phi) is 5.47. The summed E-state index contributed by atoms with van der Waals surface area (Å²) in [5.41, 5.74) is 6.60. The van der Waals surface area contributed by atoms with Crippen molar-refractivity contribution in [3.63, 3.8) is 0 Å². The van der Waals surface area contributed by atoms with Crippen LogP contribution in [0.25, 0.3) is 22.8 Å². The van der Waals surface area contributed by atoms with E-state index in [0.29, 0.717) is 39.9 Å². The average molecular weight is 441 g/mol. The predicted molar refractivity (Wildman–Crippen MR) is 99.9 cm³/mol. The first-order valence-electron chi connectivity index (χ1n) is 8.00. The molecule has 0 saturated carbocycles. The first-order chi connectivity index (χ1) is 12.7. The Balaban J connectivity index is 1.88. The molecule has 142 valence electrons. The maximum Gasteiger partial charge on any atom is 0.416 e. The monoisotopic (exact) mass is 440 g/mol. The molecule has 0 bridgehead atoms. The fourth-order valence-corrected chi connectivity index (χ4v) is 2.78. The summed E-state index contributed by atoms with van der Waals surface area (Å²) in [6.45, 7) is 2.37. The van der Waals surface area contributed by atoms with Crippen LogP contribution < -0.4 is 11.1 Å². The lowest BCUT2D eigenvalue weighted by molar-refractivity contribution is -0.137. The molecule has 2 aromatic heterocycles. The van der Waals surface area contributed by atoms with Gasteiger partial charge in [-0.05, 0) is 41.1 Å². The maximum atomic E-state index is 12.7. The number of alkyl halides is 3. The molecular formula is C17H16BrF3N6. The second kappa shape index (κ2) is 7.65. The van der Waals surface area contributed by atoms with E-state index in [0.717, 1.165) is 12.1 Å². The number of hydrogen-bond donors (Lipinski definition) is 3. The number of rotatable bonds is 5. The molecule has 0 aliphatic carbocycles. The van der Waals surface area contributed by atoms with E-state index in [1.54, 1.807) is 12.3 Å². The number of hydrogen-bond acceptors (Lipinski definition) is 5. The van der Waals surface area contributed by atoms with Crippen molar-refractivity contribution >= 4 is 21.9 Å². The second-order valence-electron chi connectivity index (χ2n) is 5.95. The molecule has 0 aliphatic heterocycles. The van der Waals surface area contributed by atoms with Crippen LogP contribution in [-0.2, 0) is 6.18 Å². The minimum Gasteiger partial charge on any atom is -0.353 e. The van der Waals surface area contributed by atoms with E-state index in [1.165, 1.54) is 12.1 Å². The minimum absolute atomic E-state index is 0.0550. The van der Waals surface area contributed by atoms with Gasteiger partial charge in [0.05, 0.1) is 11.3 Å². The van der Waals surface area contributed by atoms with Gasteiger partial charge >= 0.3 is 6.18 Å². The third-order valence-electron chi connectivity index (χ3n) is 3.63. The fourth-order valence-electron chi connectivity index (χ4n) is 2.30. The van der Waals surface area contributed by atoms with E-state index in [4.69, 9.17) is 5.73 Å². The molecule has 3 aromatic rings. The normalized spacial score (nSPS) is 12.8. The van der Waals surface area contributed by atoms with Crippen LogP contribution in [0.3, 0.4) is 0 Å². The molecule has 1 unspecified atom stereocenters. The van der Waals surface area contributed by atoms with Gasteiger partial charge < -0.3 is 16.0 Å². The number of nitrogens with two attached hydrogens (primary N) is 1. The highest BCUT2D eigenvalue weighted by molar-refractivity contribution is 9.10. The topological polar surface area (TPSA) is 92.5 Å². The zero-order valence-electron chi connectivity index (χ0n) is 14.2. The molecule has 6 nitrogen and oxygen atoms in total. The van der Waals surface area contributed by atoms with Gasteiger partial charge in [0.25, 0.3) is 0 Å². The fraction of sp³-hybridized carbons (Fsp3) is 0.235. The molecule has 4 N–H and O–H groups in total. The molecule has 27 heavy (non-hydrogen) atoms.